The van der Waals surface area contributed by atoms with Gasteiger partial charge in [0.25, 0.3) is 5.56 Å². The van der Waals surface area contributed by atoms with Gasteiger partial charge in [0.2, 0.25) is 11.7 Å². The van der Waals surface area contributed by atoms with Gasteiger partial charge >= 0.3 is 5.97 Å². The predicted molar refractivity (Wildman–Crippen MR) is 83.6 cm³/mol. The summed E-state index contributed by atoms with van der Waals surface area (Å²) < 4.78 is 12.2. The van der Waals surface area contributed by atoms with E-state index >= 15 is 0 Å². The first-order valence-corrected chi connectivity index (χ1v) is 8.44. The summed E-state index contributed by atoms with van der Waals surface area (Å²) in [5, 5.41) is 3.87. The molecule has 7 heteroatoms. The highest BCUT2D eigenvalue weighted by Gasteiger charge is 2.26. The van der Waals surface area contributed by atoms with Crippen LogP contribution in [0.2, 0.25) is 0 Å². The molecule has 2 aromatic heterocycles. The van der Waals surface area contributed by atoms with Crippen LogP contribution >= 0.6 is 0 Å². The first kappa shape index (κ1) is 15.1. The molecule has 7 nitrogen and oxygen atoms in total. The molecule has 4 rings (SSSR count). The summed E-state index contributed by atoms with van der Waals surface area (Å²) in [5.74, 6) is 0.925. The van der Waals surface area contributed by atoms with Crippen LogP contribution in [0.5, 0.6) is 0 Å². The number of hydrogen-bond donors (Lipinski definition) is 0. The molecule has 0 bridgehead atoms. The molecule has 0 unspecified atom stereocenters. The van der Waals surface area contributed by atoms with Crippen molar-refractivity contribution < 1.29 is 14.1 Å². The normalized spacial score (nSPS) is 17.2. The molecule has 24 heavy (non-hydrogen) atoms. The van der Waals surface area contributed by atoms with Crippen molar-refractivity contribution in [1.82, 2.24) is 14.7 Å². The third kappa shape index (κ3) is 2.74. The van der Waals surface area contributed by atoms with E-state index in [0.29, 0.717) is 36.2 Å². The van der Waals surface area contributed by atoms with Gasteiger partial charge in [-0.05, 0) is 38.2 Å². The quantitative estimate of drug-likeness (QED) is 0.799. The molecule has 0 aromatic carbocycles. The predicted octanol–water partition coefficient (Wildman–Crippen LogP) is 2.19. The molecule has 0 spiro atoms. The van der Waals surface area contributed by atoms with Crippen molar-refractivity contribution in [3.63, 3.8) is 0 Å². The number of rotatable bonds is 4. The Morgan fingerprint density at radius 1 is 1.29 bits per heavy atom. The van der Waals surface area contributed by atoms with Crippen LogP contribution in [0.4, 0.5) is 0 Å². The summed E-state index contributed by atoms with van der Waals surface area (Å²) in [6.45, 7) is 0.637. The van der Waals surface area contributed by atoms with Crippen LogP contribution < -0.4 is 5.56 Å². The number of ether oxygens (including phenoxy) is 1. The summed E-state index contributed by atoms with van der Waals surface area (Å²) >= 11 is 0. The molecular weight excluding hydrogens is 310 g/mol. The highest BCUT2D eigenvalue weighted by atomic mass is 16.5. The standard InChI is InChI=1S/C17H19N3O4/c21-15-8-7-12(13-6-1-2-9-20(13)15)17(22)23-10-14-18-16(24-19-14)11-4-3-5-11/h7-8,11H,1-6,9-10H2. The first-order chi connectivity index (χ1) is 11.7. The van der Waals surface area contributed by atoms with E-state index in [1.807, 2.05) is 0 Å². The summed E-state index contributed by atoms with van der Waals surface area (Å²) in [5.41, 5.74) is 1.16. The minimum absolute atomic E-state index is 0.0202. The Balaban J connectivity index is 1.46. The lowest BCUT2D eigenvalue weighted by Gasteiger charge is -2.20. The van der Waals surface area contributed by atoms with Gasteiger partial charge in [-0.1, -0.05) is 11.6 Å². The Kier molecular flexibility index (Phi) is 3.92. The Morgan fingerprint density at radius 3 is 2.96 bits per heavy atom. The molecule has 1 saturated carbocycles. The molecule has 1 aliphatic carbocycles. The van der Waals surface area contributed by atoms with Crippen molar-refractivity contribution in [2.75, 3.05) is 0 Å². The van der Waals surface area contributed by atoms with E-state index in [2.05, 4.69) is 10.1 Å². The van der Waals surface area contributed by atoms with Gasteiger partial charge in [0.1, 0.15) is 0 Å². The van der Waals surface area contributed by atoms with Gasteiger partial charge in [0.05, 0.1) is 5.56 Å². The minimum Gasteiger partial charge on any atom is -0.454 e. The number of hydrogen-bond acceptors (Lipinski definition) is 6. The van der Waals surface area contributed by atoms with Crippen LogP contribution in [-0.4, -0.2) is 20.7 Å². The van der Waals surface area contributed by atoms with Crippen LogP contribution in [-0.2, 0) is 24.3 Å². The third-order valence-electron chi connectivity index (χ3n) is 4.83. The zero-order valence-electron chi connectivity index (χ0n) is 13.4. The average Bonchev–Trinajstić information content (AvgIpc) is 3.00. The van der Waals surface area contributed by atoms with Gasteiger partial charge < -0.3 is 13.8 Å². The van der Waals surface area contributed by atoms with Gasteiger partial charge in [-0.2, -0.15) is 4.98 Å². The molecule has 0 N–H and O–H groups in total. The topological polar surface area (TPSA) is 87.2 Å². The highest BCUT2D eigenvalue weighted by Crippen LogP contribution is 2.35. The van der Waals surface area contributed by atoms with E-state index in [-0.39, 0.29) is 12.2 Å². The SMILES string of the molecule is O=C(OCc1noc(C2CCC2)n1)c1ccc(=O)n2c1CCCC2. The molecule has 0 saturated heterocycles. The van der Waals surface area contributed by atoms with E-state index in [1.54, 1.807) is 10.6 Å². The lowest BCUT2D eigenvalue weighted by Crippen LogP contribution is -2.29. The van der Waals surface area contributed by atoms with Gasteiger partial charge in [0.15, 0.2) is 6.61 Å². The minimum atomic E-state index is -0.448. The summed E-state index contributed by atoms with van der Waals surface area (Å²) in [4.78, 5) is 28.6. The van der Waals surface area contributed by atoms with E-state index in [0.717, 1.165) is 31.4 Å². The number of carbonyl (C=O) groups is 1. The zero-order chi connectivity index (χ0) is 16.5. The Labute approximate surface area is 138 Å². The van der Waals surface area contributed by atoms with Gasteiger partial charge in [0, 0.05) is 24.2 Å². The number of nitrogens with zero attached hydrogens (tertiary/aromatic N) is 3. The average molecular weight is 329 g/mol. The highest BCUT2D eigenvalue weighted by molar-refractivity contribution is 5.90. The molecule has 2 aliphatic rings. The Morgan fingerprint density at radius 2 is 2.17 bits per heavy atom. The number of aromatic nitrogens is 3. The monoisotopic (exact) mass is 329 g/mol. The van der Waals surface area contributed by atoms with Crippen LogP contribution in [0.25, 0.3) is 0 Å². The van der Waals surface area contributed by atoms with Crippen molar-refractivity contribution in [2.24, 2.45) is 0 Å². The fourth-order valence-corrected chi connectivity index (χ4v) is 3.24. The fourth-order valence-electron chi connectivity index (χ4n) is 3.24. The smallest absolute Gasteiger partial charge is 0.340 e. The van der Waals surface area contributed by atoms with E-state index in [4.69, 9.17) is 9.26 Å². The molecule has 126 valence electrons. The molecule has 1 aliphatic heterocycles. The van der Waals surface area contributed by atoms with Crippen molar-refractivity contribution in [3.05, 3.63) is 45.5 Å². The maximum absolute atomic E-state index is 12.4. The maximum atomic E-state index is 12.4. The van der Waals surface area contributed by atoms with Crippen LogP contribution in [0.3, 0.4) is 0 Å². The van der Waals surface area contributed by atoms with Crippen LogP contribution in [0.1, 0.15) is 65.8 Å². The summed E-state index contributed by atoms with van der Waals surface area (Å²) in [6, 6.07) is 2.98. The van der Waals surface area contributed by atoms with Crippen LogP contribution in [0.15, 0.2) is 21.5 Å². The second-order valence-corrected chi connectivity index (χ2v) is 6.39. The Hall–Kier alpha value is -2.44. The molecule has 0 atom stereocenters. The van der Waals surface area contributed by atoms with Crippen molar-refractivity contribution >= 4 is 5.97 Å². The number of carbonyl (C=O) groups excluding carboxylic acids is 1. The number of pyridine rings is 1. The summed E-state index contributed by atoms with van der Waals surface area (Å²) in [7, 11) is 0. The second-order valence-electron chi connectivity index (χ2n) is 6.39. The fraction of sp³-hybridized carbons (Fsp3) is 0.529. The second kappa shape index (κ2) is 6.22. The number of esters is 1. The van der Waals surface area contributed by atoms with E-state index in [1.165, 1.54) is 12.5 Å². The van der Waals surface area contributed by atoms with Crippen molar-refractivity contribution in [3.8, 4) is 0 Å². The molecule has 3 heterocycles. The van der Waals surface area contributed by atoms with Crippen molar-refractivity contribution in [1.29, 1.82) is 0 Å². The molecular formula is C17H19N3O4. The van der Waals surface area contributed by atoms with E-state index in [9.17, 15) is 9.59 Å². The third-order valence-corrected chi connectivity index (χ3v) is 4.83. The molecule has 2 aromatic rings. The largest absolute Gasteiger partial charge is 0.454 e. The van der Waals surface area contributed by atoms with Gasteiger partial charge in [-0.15, -0.1) is 0 Å². The lowest BCUT2D eigenvalue weighted by molar-refractivity contribution is 0.0456. The summed E-state index contributed by atoms with van der Waals surface area (Å²) in [6.07, 6.45) is 5.99. The van der Waals surface area contributed by atoms with Gasteiger partial charge in [-0.25, -0.2) is 4.79 Å². The van der Waals surface area contributed by atoms with Crippen LogP contribution in [0, 0.1) is 0 Å². The van der Waals surface area contributed by atoms with E-state index < -0.39 is 5.97 Å². The maximum Gasteiger partial charge on any atom is 0.340 e. The molecule has 1 fully saturated rings. The first-order valence-electron chi connectivity index (χ1n) is 8.44. The Bertz CT molecular complexity index is 819. The zero-order valence-corrected chi connectivity index (χ0v) is 13.4. The lowest BCUT2D eigenvalue weighted by atomic mass is 9.85. The van der Waals surface area contributed by atoms with Crippen molar-refractivity contribution in [2.45, 2.75) is 57.6 Å². The molecule has 0 radical (unpaired) electrons. The number of fused-ring (bicyclic) bond motifs is 1. The molecule has 0 amide bonds. The van der Waals surface area contributed by atoms with Gasteiger partial charge in [-0.3, -0.25) is 4.79 Å².